The molecule has 0 fully saturated rings. The summed E-state index contributed by atoms with van der Waals surface area (Å²) in [4.78, 5) is 8.11. The number of fused-ring (bicyclic) bond motifs is 1. The molecule has 0 aliphatic rings. The Morgan fingerprint density at radius 3 is 2.67 bits per heavy atom. The molecular weight excluding hydrogens is 335 g/mol. The highest BCUT2D eigenvalue weighted by molar-refractivity contribution is 7.90. The lowest BCUT2D eigenvalue weighted by Gasteiger charge is -2.05. The van der Waals surface area contributed by atoms with E-state index in [0.29, 0.717) is 16.7 Å². The summed E-state index contributed by atoms with van der Waals surface area (Å²) in [6.45, 7) is 0. The van der Waals surface area contributed by atoms with Crippen LogP contribution in [-0.2, 0) is 9.84 Å². The Morgan fingerprint density at radius 2 is 1.95 bits per heavy atom. The topological polar surface area (TPSA) is 77.7 Å². The second-order valence-corrected chi connectivity index (χ2v) is 7.06. The molecule has 6 nitrogen and oxygen atoms in total. The number of rotatable bonds is 2. The molecule has 0 N–H and O–H groups in total. The molecule has 1 aromatic carbocycles. The molecule has 0 saturated heterocycles. The van der Waals surface area contributed by atoms with E-state index < -0.39 is 9.84 Å². The molecule has 0 radical (unpaired) electrons. The molecule has 2 aromatic heterocycles. The third kappa shape index (κ3) is 2.59. The Hall–Kier alpha value is -1.70. The summed E-state index contributed by atoms with van der Waals surface area (Å²) in [5.74, 6) is 0. The SMILES string of the molecule is CS(=O)(=O)c1cccc(-n2ncc3c(Cl)nc(Cl)nc32)c1. The summed E-state index contributed by atoms with van der Waals surface area (Å²) < 4.78 is 24.7. The second kappa shape index (κ2) is 4.94. The number of halogens is 2. The lowest BCUT2D eigenvalue weighted by Crippen LogP contribution is -2.02. The average molecular weight is 343 g/mol. The molecule has 0 bridgehead atoms. The van der Waals surface area contributed by atoms with Gasteiger partial charge in [0.05, 0.1) is 22.2 Å². The van der Waals surface area contributed by atoms with Gasteiger partial charge in [0, 0.05) is 6.26 Å². The van der Waals surface area contributed by atoms with Gasteiger partial charge in [0.2, 0.25) is 5.28 Å². The number of hydrogen-bond donors (Lipinski definition) is 0. The van der Waals surface area contributed by atoms with Crippen LogP contribution in [0.5, 0.6) is 0 Å². The van der Waals surface area contributed by atoms with E-state index >= 15 is 0 Å². The van der Waals surface area contributed by atoms with Gasteiger partial charge in [-0.25, -0.2) is 18.1 Å². The van der Waals surface area contributed by atoms with Crippen LogP contribution in [0.25, 0.3) is 16.7 Å². The summed E-state index contributed by atoms with van der Waals surface area (Å²) in [7, 11) is -3.31. The molecule has 0 amide bonds. The van der Waals surface area contributed by atoms with Gasteiger partial charge in [0.1, 0.15) is 5.15 Å². The highest BCUT2D eigenvalue weighted by atomic mass is 35.5. The van der Waals surface area contributed by atoms with Gasteiger partial charge in [-0.3, -0.25) is 0 Å². The zero-order valence-corrected chi connectivity index (χ0v) is 13.0. The maximum atomic E-state index is 11.6. The predicted octanol–water partition coefficient (Wildman–Crippen LogP) is 2.53. The summed E-state index contributed by atoms with van der Waals surface area (Å²) in [6.07, 6.45) is 2.64. The number of sulfone groups is 1. The molecule has 2 heterocycles. The molecule has 3 aromatic rings. The van der Waals surface area contributed by atoms with Crippen LogP contribution in [0.15, 0.2) is 35.4 Å². The van der Waals surface area contributed by atoms with Crippen molar-refractivity contribution in [3.05, 3.63) is 40.9 Å². The van der Waals surface area contributed by atoms with Crippen molar-refractivity contribution < 1.29 is 8.42 Å². The molecule has 21 heavy (non-hydrogen) atoms. The third-order valence-corrected chi connectivity index (χ3v) is 4.41. The molecule has 0 aliphatic carbocycles. The lowest BCUT2D eigenvalue weighted by atomic mass is 10.3. The molecule has 0 unspecified atom stereocenters. The monoisotopic (exact) mass is 342 g/mol. The van der Waals surface area contributed by atoms with E-state index in [2.05, 4.69) is 15.1 Å². The zero-order chi connectivity index (χ0) is 15.2. The Bertz CT molecular complexity index is 953. The first kappa shape index (κ1) is 14.2. The van der Waals surface area contributed by atoms with Crippen molar-refractivity contribution in [1.29, 1.82) is 0 Å². The first-order valence-corrected chi connectivity index (χ1v) is 8.38. The maximum Gasteiger partial charge on any atom is 0.225 e. The Kier molecular flexibility index (Phi) is 3.35. The average Bonchev–Trinajstić information content (AvgIpc) is 2.82. The van der Waals surface area contributed by atoms with E-state index in [1.807, 2.05) is 0 Å². The summed E-state index contributed by atoms with van der Waals surface area (Å²) in [5.41, 5.74) is 0.949. The molecule has 0 saturated carbocycles. The van der Waals surface area contributed by atoms with E-state index in [0.717, 1.165) is 6.26 Å². The zero-order valence-electron chi connectivity index (χ0n) is 10.7. The van der Waals surface area contributed by atoms with Gasteiger partial charge in [-0.15, -0.1) is 0 Å². The Balaban J connectivity index is 2.26. The molecule has 9 heteroatoms. The van der Waals surface area contributed by atoms with Crippen molar-refractivity contribution >= 4 is 44.1 Å². The quantitative estimate of drug-likeness (QED) is 0.528. The van der Waals surface area contributed by atoms with Crippen LogP contribution >= 0.6 is 23.2 Å². The number of nitrogens with zero attached hydrogens (tertiary/aromatic N) is 4. The fourth-order valence-corrected chi connectivity index (χ4v) is 2.97. The van der Waals surface area contributed by atoms with Gasteiger partial charge in [-0.2, -0.15) is 10.1 Å². The van der Waals surface area contributed by atoms with Gasteiger partial charge in [-0.1, -0.05) is 17.7 Å². The van der Waals surface area contributed by atoms with E-state index in [1.54, 1.807) is 12.1 Å². The number of hydrogen-bond acceptors (Lipinski definition) is 5. The van der Waals surface area contributed by atoms with Crippen molar-refractivity contribution in [2.45, 2.75) is 4.90 Å². The minimum absolute atomic E-state index is 0.00600. The fourth-order valence-electron chi connectivity index (χ4n) is 1.88. The van der Waals surface area contributed by atoms with Gasteiger partial charge in [0.25, 0.3) is 0 Å². The Labute approximate surface area is 130 Å². The summed E-state index contributed by atoms with van der Waals surface area (Å²) in [6, 6.07) is 6.36. The summed E-state index contributed by atoms with van der Waals surface area (Å²) in [5, 5.41) is 4.88. The van der Waals surface area contributed by atoms with Gasteiger partial charge >= 0.3 is 0 Å². The Morgan fingerprint density at radius 1 is 1.19 bits per heavy atom. The number of aromatic nitrogens is 4. The van der Waals surface area contributed by atoms with Crippen molar-refractivity contribution in [1.82, 2.24) is 19.7 Å². The maximum absolute atomic E-state index is 11.6. The summed E-state index contributed by atoms with van der Waals surface area (Å²) >= 11 is 11.8. The molecule has 0 aliphatic heterocycles. The first-order valence-electron chi connectivity index (χ1n) is 5.73. The lowest BCUT2D eigenvalue weighted by molar-refractivity contribution is 0.601. The molecule has 0 spiro atoms. The molecular formula is C12H8Cl2N4O2S. The van der Waals surface area contributed by atoms with Crippen LogP contribution in [0.2, 0.25) is 10.4 Å². The molecule has 0 atom stereocenters. The standard InChI is InChI=1S/C12H8Cl2N4O2S/c1-21(19,20)8-4-2-3-7(5-8)18-11-9(6-15-18)10(13)16-12(14)17-11/h2-6H,1H3. The van der Waals surface area contributed by atoms with Crippen LogP contribution in [-0.4, -0.2) is 34.4 Å². The van der Waals surface area contributed by atoms with Gasteiger partial charge in [0.15, 0.2) is 15.5 Å². The highest BCUT2D eigenvalue weighted by Gasteiger charge is 2.14. The minimum Gasteiger partial charge on any atom is -0.224 e. The van der Waals surface area contributed by atoms with Crippen molar-refractivity contribution in [3.63, 3.8) is 0 Å². The van der Waals surface area contributed by atoms with Crippen LogP contribution in [0, 0.1) is 0 Å². The van der Waals surface area contributed by atoms with E-state index in [9.17, 15) is 8.42 Å². The predicted molar refractivity (Wildman–Crippen MR) is 79.8 cm³/mol. The highest BCUT2D eigenvalue weighted by Crippen LogP contribution is 2.24. The van der Waals surface area contributed by atoms with Crippen LogP contribution in [0.4, 0.5) is 0 Å². The van der Waals surface area contributed by atoms with Crippen LogP contribution < -0.4 is 0 Å². The fraction of sp³-hybridized carbons (Fsp3) is 0.0833. The van der Waals surface area contributed by atoms with E-state index in [-0.39, 0.29) is 15.3 Å². The molecule has 3 rings (SSSR count). The van der Waals surface area contributed by atoms with Crippen molar-refractivity contribution in [2.75, 3.05) is 6.26 Å². The number of benzene rings is 1. The minimum atomic E-state index is -3.31. The van der Waals surface area contributed by atoms with Gasteiger partial charge < -0.3 is 0 Å². The first-order chi connectivity index (χ1) is 9.86. The van der Waals surface area contributed by atoms with Crippen molar-refractivity contribution in [2.24, 2.45) is 0 Å². The smallest absolute Gasteiger partial charge is 0.224 e. The second-order valence-electron chi connectivity index (χ2n) is 4.35. The normalized spacial score (nSPS) is 12.0. The largest absolute Gasteiger partial charge is 0.225 e. The van der Waals surface area contributed by atoms with E-state index in [1.165, 1.54) is 23.0 Å². The van der Waals surface area contributed by atoms with E-state index in [4.69, 9.17) is 23.2 Å². The van der Waals surface area contributed by atoms with Crippen LogP contribution in [0.3, 0.4) is 0 Å². The third-order valence-electron chi connectivity index (χ3n) is 2.84. The van der Waals surface area contributed by atoms with Gasteiger partial charge in [-0.05, 0) is 29.8 Å². The van der Waals surface area contributed by atoms with Crippen LogP contribution in [0.1, 0.15) is 0 Å². The molecule has 108 valence electrons. The van der Waals surface area contributed by atoms with Crippen molar-refractivity contribution in [3.8, 4) is 5.69 Å².